The molecule has 0 aromatic heterocycles. The van der Waals surface area contributed by atoms with Gasteiger partial charge >= 0.3 is 0 Å². The third-order valence-corrected chi connectivity index (χ3v) is 6.48. The van der Waals surface area contributed by atoms with Crippen molar-refractivity contribution in [2.45, 2.75) is 83.6 Å². The summed E-state index contributed by atoms with van der Waals surface area (Å²) in [5.74, 6) is 0. The molecule has 0 aliphatic carbocycles. The predicted molar refractivity (Wildman–Crippen MR) is 86.7 cm³/mol. The van der Waals surface area contributed by atoms with E-state index in [0.717, 1.165) is 0 Å². The maximum Gasteiger partial charge on any atom is 0.0852 e. The van der Waals surface area contributed by atoms with E-state index in [-0.39, 0.29) is 0 Å². The molecule has 0 saturated heterocycles. The first-order valence-corrected chi connectivity index (χ1v) is 10.4. The standard InChI is InChI=1S/C17H32Si/c1-2-3-4-5-6-7-8-9-10-11-12-15-18-16-13-14-17-18/h13-14,16-18H,2-12,15H2,1H3. The van der Waals surface area contributed by atoms with Gasteiger partial charge in [-0.25, -0.2) is 0 Å². The molecule has 0 saturated carbocycles. The third-order valence-electron chi connectivity index (χ3n) is 3.97. The Morgan fingerprint density at radius 1 is 0.611 bits per heavy atom. The summed E-state index contributed by atoms with van der Waals surface area (Å²) in [6.07, 6.45) is 20.6. The fourth-order valence-electron chi connectivity index (χ4n) is 2.71. The molecule has 0 atom stereocenters. The number of rotatable bonds is 12. The van der Waals surface area contributed by atoms with E-state index in [1.165, 1.54) is 76.7 Å². The lowest BCUT2D eigenvalue weighted by Gasteiger charge is -2.04. The fraction of sp³-hybridized carbons (Fsp3) is 0.765. The van der Waals surface area contributed by atoms with Crippen molar-refractivity contribution < 1.29 is 0 Å². The number of hydrogen-bond acceptors (Lipinski definition) is 0. The molecule has 104 valence electrons. The molecule has 0 nitrogen and oxygen atoms in total. The van der Waals surface area contributed by atoms with Crippen LogP contribution < -0.4 is 0 Å². The summed E-state index contributed by atoms with van der Waals surface area (Å²) in [5, 5.41) is 0. The van der Waals surface area contributed by atoms with E-state index in [2.05, 4.69) is 30.5 Å². The largest absolute Gasteiger partial charge is 0.0935 e. The van der Waals surface area contributed by atoms with Crippen LogP contribution in [0.1, 0.15) is 77.6 Å². The summed E-state index contributed by atoms with van der Waals surface area (Å²) in [5.41, 5.74) is 4.94. The van der Waals surface area contributed by atoms with Crippen molar-refractivity contribution in [3.8, 4) is 0 Å². The highest BCUT2D eigenvalue weighted by Gasteiger charge is 2.04. The molecule has 1 rings (SSSR count). The van der Waals surface area contributed by atoms with Crippen LogP contribution in [-0.4, -0.2) is 8.80 Å². The number of unbranched alkanes of at least 4 members (excludes halogenated alkanes) is 10. The Morgan fingerprint density at radius 2 is 1.06 bits per heavy atom. The molecule has 0 bridgehead atoms. The molecule has 0 N–H and O–H groups in total. The van der Waals surface area contributed by atoms with Crippen LogP contribution in [0.25, 0.3) is 0 Å². The Morgan fingerprint density at radius 3 is 1.56 bits per heavy atom. The van der Waals surface area contributed by atoms with Crippen molar-refractivity contribution in [1.82, 2.24) is 0 Å². The summed E-state index contributed by atoms with van der Waals surface area (Å²) in [7, 11) is -0.523. The van der Waals surface area contributed by atoms with Crippen LogP contribution in [0.15, 0.2) is 23.6 Å². The van der Waals surface area contributed by atoms with E-state index >= 15 is 0 Å². The Bertz CT molecular complexity index is 218. The van der Waals surface area contributed by atoms with Gasteiger partial charge in [-0.2, -0.15) is 0 Å². The predicted octanol–water partition coefficient (Wildman–Crippen LogP) is 5.73. The Labute approximate surface area is 116 Å². The van der Waals surface area contributed by atoms with Gasteiger partial charge in [0.1, 0.15) is 0 Å². The van der Waals surface area contributed by atoms with Crippen LogP contribution in [-0.2, 0) is 0 Å². The smallest absolute Gasteiger partial charge is 0.0852 e. The van der Waals surface area contributed by atoms with Crippen LogP contribution in [0.5, 0.6) is 0 Å². The zero-order valence-corrected chi connectivity index (χ0v) is 13.5. The molecule has 0 aromatic carbocycles. The molecule has 1 heterocycles. The number of hydrogen-bond donors (Lipinski definition) is 0. The Kier molecular flexibility index (Phi) is 10.3. The second-order valence-electron chi connectivity index (χ2n) is 5.76. The van der Waals surface area contributed by atoms with Gasteiger partial charge < -0.3 is 0 Å². The molecule has 0 spiro atoms. The van der Waals surface area contributed by atoms with E-state index in [4.69, 9.17) is 0 Å². The fourth-order valence-corrected chi connectivity index (χ4v) is 4.82. The molecule has 0 unspecified atom stereocenters. The van der Waals surface area contributed by atoms with Crippen molar-refractivity contribution in [1.29, 1.82) is 0 Å². The SMILES string of the molecule is CCCCCCCCCCCCC[SiH]1C=CC=C1. The second-order valence-corrected chi connectivity index (χ2v) is 8.43. The summed E-state index contributed by atoms with van der Waals surface area (Å²) in [6.45, 7) is 2.29. The van der Waals surface area contributed by atoms with E-state index in [1.54, 1.807) is 0 Å². The second kappa shape index (κ2) is 11.8. The Hall–Kier alpha value is -0.303. The lowest BCUT2D eigenvalue weighted by Crippen LogP contribution is -2.01. The zero-order valence-electron chi connectivity index (χ0n) is 12.4. The molecule has 1 aliphatic rings. The average Bonchev–Trinajstić information content (AvgIpc) is 2.89. The normalized spacial score (nSPS) is 14.7. The highest BCUT2D eigenvalue weighted by molar-refractivity contribution is 6.70. The van der Waals surface area contributed by atoms with Gasteiger partial charge in [-0.3, -0.25) is 0 Å². The molecular weight excluding hydrogens is 232 g/mol. The van der Waals surface area contributed by atoms with Gasteiger partial charge in [0.15, 0.2) is 0 Å². The van der Waals surface area contributed by atoms with Crippen molar-refractivity contribution in [3.63, 3.8) is 0 Å². The molecule has 1 aliphatic heterocycles. The average molecular weight is 265 g/mol. The maximum atomic E-state index is 2.47. The van der Waals surface area contributed by atoms with E-state index < -0.39 is 8.80 Å². The summed E-state index contributed by atoms with van der Waals surface area (Å²) in [4.78, 5) is 0. The lowest BCUT2D eigenvalue weighted by atomic mass is 10.1. The van der Waals surface area contributed by atoms with Crippen LogP contribution in [0.2, 0.25) is 6.04 Å². The van der Waals surface area contributed by atoms with E-state index in [1.807, 2.05) is 0 Å². The van der Waals surface area contributed by atoms with Gasteiger partial charge in [0.05, 0.1) is 8.80 Å². The zero-order chi connectivity index (χ0) is 12.9. The van der Waals surface area contributed by atoms with Crippen LogP contribution in [0.4, 0.5) is 0 Å². The Balaban J connectivity index is 1.71. The first kappa shape index (κ1) is 15.8. The maximum absolute atomic E-state index is 2.47. The summed E-state index contributed by atoms with van der Waals surface area (Å²) < 4.78 is 0. The lowest BCUT2D eigenvalue weighted by molar-refractivity contribution is 0.554. The quantitative estimate of drug-likeness (QED) is 0.312. The minimum absolute atomic E-state index is 0.523. The van der Waals surface area contributed by atoms with Crippen LogP contribution in [0, 0.1) is 0 Å². The van der Waals surface area contributed by atoms with Crippen LogP contribution in [0.3, 0.4) is 0 Å². The van der Waals surface area contributed by atoms with Gasteiger partial charge in [-0.15, -0.1) is 0 Å². The third kappa shape index (κ3) is 8.74. The van der Waals surface area contributed by atoms with Gasteiger partial charge in [-0.05, 0) is 0 Å². The van der Waals surface area contributed by atoms with Gasteiger partial charge in [-0.1, -0.05) is 107 Å². The van der Waals surface area contributed by atoms with Gasteiger partial charge in [0.2, 0.25) is 0 Å². The minimum Gasteiger partial charge on any atom is -0.0935 e. The van der Waals surface area contributed by atoms with Gasteiger partial charge in [0.25, 0.3) is 0 Å². The highest BCUT2D eigenvalue weighted by Crippen LogP contribution is 2.14. The summed E-state index contributed by atoms with van der Waals surface area (Å²) in [6, 6.07) is 1.50. The first-order valence-electron chi connectivity index (χ1n) is 8.28. The van der Waals surface area contributed by atoms with Crippen LogP contribution >= 0.6 is 0 Å². The monoisotopic (exact) mass is 264 g/mol. The molecule has 1 heteroatoms. The molecule has 0 radical (unpaired) electrons. The molecule has 0 aromatic rings. The first-order chi connectivity index (χ1) is 8.93. The van der Waals surface area contributed by atoms with Crippen molar-refractivity contribution in [2.24, 2.45) is 0 Å². The van der Waals surface area contributed by atoms with Crippen molar-refractivity contribution in [3.05, 3.63) is 23.6 Å². The summed E-state index contributed by atoms with van der Waals surface area (Å²) >= 11 is 0. The van der Waals surface area contributed by atoms with E-state index in [9.17, 15) is 0 Å². The van der Waals surface area contributed by atoms with Gasteiger partial charge in [0, 0.05) is 0 Å². The topological polar surface area (TPSA) is 0 Å². The molecule has 0 fully saturated rings. The van der Waals surface area contributed by atoms with Crippen molar-refractivity contribution in [2.75, 3.05) is 0 Å². The molecule has 18 heavy (non-hydrogen) atoms. The molecule has 0 amide bonds. The highest BCUT2D eigenvalue weighted by atomic mass is 28.3. The minimum atomic E-state index is -0.523. The van der Waals surface area contributed by atoms with E-state index in [0.29, 0.717) is 0 Å². The molecular formula is C17H32Si. The van der Waals surface area contributed by atoms with Crippen molar-refractivity contribution >= 4 is 8.80 Å². The number of allylic oxidation sites excluding steroid dienone is 2.